The highest BCUT2D eigenvalue weighted by molar-refractivity contribution is 7.26. The van der Waals surface area contributed by atoms with Crippen molar-refractivity contribution in [3.63, 3.8) is 0 Å². The Bertz CT molecular complexity index is 3030. The van der Waals surface area contributed by atoms with E-state index in [-0.39, 0.29) is 0 Å². The number of thiophene rings is 1. The summed E-state index contributed by atoms with van der Waals surface area (Å²) in [6.45, 7) is 0. The summed E-state index contributed by atoms with van der Waals surface area (Å²) in [5.41, 5.74) is 14.5. The Balaban J connectivity index is 1.05. The summed E-state index contributed by atoms with van der Waals surface area (Å²) in [4.78, 5) is 10.4. The predicted octanol–water partition coefficient (Wildman–Crippen LogP) is 13.9. The van der Waals surface area contributed by atoms with Gasteiger partial charge in [0.05, 0.1) is 16.8 Å². The first kappa shape index (κ1) is 32.5. The molecule has 0 radical (unpaired) electrons. The van der Waals surface area contributed by atoms with E-state index in [4.69, 9.17) is 9.97 Å². The van der Waals surface area contributed by atoms with Crippen molar-refractivity contribution in [3.05, 3.63) is 229 Å². The molecule has 11 rings (SSSR count). The van der Waals surface area contributed by atoms with Gasteiger partial charge in [0.2, 0.25) is 0 Å². The number of hydrogen-bond donors (Lipinski definition) is 0. The summed E-state index contributed by atoms with van der Waals surface area (Å²) in [7, 11) is 0. The third kappa shape index (κ3) is 5.09. The minimum absolute atomic E-state index is 0.448. The molecule has 262 valence electrons. The number of nitrogens with zero attached hydrogens (tertiary/aromatic N) is 2. The van der Waals surface area contributed by atoms with E-state index in [0.29, 0.717) is 5.82 Å². The first-order chi connectivity index (χ1) is 27.8. The fourth-order valence-electron chi connectivity index (χ4n) is 8.88. The van der Waals surface area contributed by atoms with Crippen LogP contribution in [0.2, 0.25) is 0 Å². The Hall–Kier alpha value is -6.94. The Morgan fingerprint density at radius 2 is 0.893 bits per heavy atom. The second-order valence-electron chi connectivity index (χ2n) is 14.5. The molecule has 2 nitrogen and oxygen atoms in total. The Morgan fingerprint density at radius 1 is 0.357 bits per heavy atom. The van der Waals surface area contributed by atoms with E-state index in [2.05, 4.69) is 188 Å². The molecule has 0 fully saturated rings. The zero-order valence-electron chi connectivity index (χ0n) is 30.4. The minimum Gasteiger partial charge on any atom is -0.228 e. The Labute approximate surface area is 330 Å². The fourth-order valence-corrected chi connectivity index (χ4v) is 10.1. The number of fused-ring (bicyclic) bond motifs is 6. The maximum Gasteiger partial charge on any atom is 0.160 e. The summed E-state index contributed by atoms with van der Waals surface area (Å²) in [5.74, 6) is 0.707. The SMILES string of the molecule is c1ccc(-c2nc(-c3ccc(C4(c5ccccc5)c5ccccc5-c5ccccc54)cc3)cc(-c3cccc(-c4cccc5c4sc4ccccc45)c3)n2)cc1. The van der Waals surface area contributed by atoms with E-state index in [0.717, 1.165) is 28.1 Å². The van der Waals surface area contributed by atoms with Crippen LogP contribution >= 0.6 is 11.3 Å². The molecule has 0 unspecified atom stereocenters. The summed E-state index contributed by atoms with van der Waals surface area (Å²) >= 11 is 1.86. The van der Waals surface area contributed by atoms with Crippen molar-refractivity contribution in [3.8, 4) is 56.2 Å². The van der Waals surface area contributed by atoms with Gasteiger partial charge >= 0.3 is 0 Å². The quantitative estimate of drug-likeness (QED) is 0.170. The van der Waals surface area contributed by atoms with E-state index in [1.165, 1.54) is 64.7 Å². The van der Waals surface area contributed by atoms with Gasteiger partial charge in [0.25, 0.3) is 0 Å². The lowest BCUT2D eigenvalue weighted by Gasteiger charge is -2.34. The molecule has 0 N–H and O–H groups in total. The van der Waals surface area contributed by atoms with Crippen molar-refractivity contribution in [2.75, 3.05) is 0 Å². The van der Waals surface area contributed by atoms with Gasteiger partial charge in [-0.1, -0.05) is 188 Å². The van der Waals surface area contributed by atoms with Crippen molar-refractivity contribution in [2.24, 2.45) is 0 Å². The molecule has 2 heterocycles. The van der Waals surface area contributed by atoms with Crippen molar-refractivity contribution in [1.82, 2.24) is 9.97 Å². The van der Waals surface area contributed by atoms with E-state index >= 15 is 0 Å². The molecule has 0 atom stereocenters. The molecule has 8 aromatic carbocycles. The monoisotopic (exact) mass is 730 g/mol. The maximum atomic E-state index is 5.21. The molecule has 2 aromatic heterocycles. The largest absolute Gasteiger partial charge is 0.228 e. The molecule has 10 aromatic rings. The average molecular weight is 731 g/mol. The number of hydrogen-bond acceptors (Lipinski definition) is 3. The first-order valence-electron chi connectivity index (χ1n) is 19.1. The smallest absolute Gasteiger partial charge is 0.160 e. The van der Waals surface area contributed by atoms with Gasteiger partial charge in [-0.2, -0.15) is 0 Å². The van der Waals surface area contributed by atoms with Gasteiger partial charge < -0.3 is 0 Å². The van der Waals surface area contributed by atoms with Crippen LogP contribution in [0.15, 0.2) is 206 Å². The van der Waals surface area contributed by atoms with E-state index in [1.54, 1.807) is 0 Å². The molecule has 0 bridgehead atoms. The van der Waals surface area contributed by atoms with Crippen molar-refractivity contribution >= 4 is 31.5 Å². The molecule has 1 aliphatic rings. The topological polar surface area (TPSA) is 25.8 Å². The summed E-state index contributed by atoms with van der Waals surface area (Å²) < 4.78 is 2.61. The van der Waals surface area contributed by atoms with Crippen LogP contribution < -0.4 is 0 Å². The third-order valence-corrected chi connectivity index (χ3v) is 12.6. The van der Waals surface area contributed by atoms with Crippen LogP contribution in [0.1, 0.15) is 22.3 Å². The lowest BCUT2D eigenvalue weighted by Crippen LogP contribution is -2.28. The van der Waals surface area contributed by atoms with Gasteiger partial charge in [0.1, 0.15) is 0 Å². The van der Waals surface area contributed by atoms with Gasteiger partial charge in [0.15, 0.2) is 5.82 Å². The maximum absolute atomic E-state index is 5.21. The molecule has 0 aliphatic heterocycles. The van der Waals surface area contributed by atoms with Gasteiger partial charge in [-0.05, 0) is 62.7 Å². The van der Waals surface area contributed by atoms with Crippen molar-refractivity contribution in [2.45, 2.75) is 5.41 Å². The number of rotatable bonds is 6. The zero-order chi connectivity index (χ0) is 37.1. The molecule has 3 heteroatoms. The predicted molar refractivity (Wildman–Crippen MR) is 234 cm³/mol. The molecular formula is C53H34N2S. The first-order valence-corrected chi connectivity index (χ1v) is 19.9. The fraction of sp³-hybridized carbons (Fsp3) is 0.0189. The van der Waals surface area contributed by atoms with Crippen LogP contribution in [0, 0.1) is 0 Å². The second-order valence-corrected chi connectivity index (χ2v) is 15.5. The van der Waals surface area contributed by atoms with Crippen molar-refractivity contribution < 1.29 is 0 Å². The minimum atomic E-state index is -0.448. The normalized spacial score (nSPS) is 12.8. The molecule has 0 saturated heterocycles. The average Bonchev–Trinajstić information content (AvgIpc) is 3.81. The van der Waals surface area contributed by atoms with Gasteiger partial charge in [-0.3, -0.25) is 0 Å². The molecule has 0 amide bonds. The second kappa shape index (κ2) is 13.1. The highest BCUT2D eigenvalue weighted by atomic mass is 32.1. The van der Waals surface area contributed by atoms with Gasteiger partial charge in [-0.15, -0.1) is 11.3 Å². The van der Waals surface area contributed by atoms with E-state index in [9.17, 15) is 0 Å². The molecule has 1 aliphatic carbocycles. The van der Waals surface area contributed by atoms with E-state index in [1.807, 2.05) is 29.5 Å². The standard InChI is InChI=1S/C53H34N2S/c1-3-15-36(16-4-1)52-54-48(34-49(55-52)38-18-13-17-37(33-38)41-24-14-25-45-44-23-9-12-28-50(44)56-51(41)45)35-29-31-40(32-30-35)53(39-19-5-2-6-20-39)46-26-10-7-21-42(46)43-22-8-11-27-47(43)53/h1-34H. The van der Waals surface area contributed by atoms with Crippen LogP contribution in [0.3, 0.4) is 0 Å². The summed E-state index contributed by atoms with van der Waals surface area (Å²) in [6.07, 6.45) is 0. The lowest BCUT2D eigenvalue weighted by atomic mass is 9.67. The van der Waals surface area contributed by atoms with Crippen LogP contribution in [-0.4, -0.2) is 9.97 Å². The third-order valence-electron chi connectivity index (χ3n) is 11.4. The van der Waals surface area contributed by atoms with E-state index < -0.39 is 5.41 Å². The molecule has 56 heavy (non-hydrogen) atoms. The summed E-state index contributed by atoms with van der Waals surface area (Å²) in [5, 5.41) is 2.60. The molecule has 0 spiro atoms. The van der Waals surface area contributed by atoms with Crippen LogP contribution in [0.25, 0.3) is 76.3 Å². The van der Waals surface area contributed by atoms with Gasteiger partial charge in [0, 0.05) is 36.9 Å². The highest BCUT2D eigenvalue weighted by Crippen LogP contribution is 2.56. The van der Waals surface area contributed by atoms with Crippen LogP contribution in [-0.2, 0) is 5.41 Å². The lowest BCUT2D eigenvalue weighted by molar-refractivity contribution is 0.768. The Kier molecular flexibility index (Phi) is 7.61. The molecule has 0 saturated carbocycles. The molecular weight excluding hydrogens is 697 g/mol. The summed E-state index contributed by atoms with van der Waals surface area (Å²) in [6, 6.07) is 74.4. The van der Waals surface area contributed by atoms with Crippen LogP contribution in [0.4, 0.5) is 0 Å². The van der Waals surface area contributed by atoms with Gasteiger partial charge in [-0.25, -0.2) is 9.97 Å². The highest BCUT2D eigenvalue weighted by Gasteiger charge is 2.45. The zero-order valence-corrected chi connectivity index (χ0v) is 31.2. The number of benzene rings is 8. The Morgan fingerprint density at radius 3 is 1.64 bits per heavy atom. The van der Waals surface area contributed by atoms with Crippen molar-refractivity contribution in [1.29, 1.82) is 0 Å². The van der Waals surface area contributed by atoms with Crippen LogP contribution in [0.5, 0.6) is 0 Å². The number of aromatic nitrogens is 2.